The molecule has 1 atom stereocenters. The van der Waals surface area contributed by atoms with Crippen LogP contribution in [0.15, 0.2) is 40.0 Å². The highest BCUT2D eigenvalue weighted by Gasteiger charge is 2.22. The molecule has 1 unspecified atom stereocenters. The van der Waals surface area contributed by atoms with Crippen LogP contribution >= 0.6 is 11.6 Å². The van der Waals surface area contributed by atoms with Gasteiger partial charge in [0.15, 0.2) is 0 Å². The first kappa shape index (κ1) is 20.9. The highest BCUT2D eigenvalue weighted by molar-refractivity contribution is 7.84. The van der Waals surface area contributed by atoms with Gasteiger partial charge in [0.2, 0.25) is 11.8 Å². The van der Waals surface area contributed by atoms with Gasteiger partial charge in [-0.25, -0.2) is 9.97 Å². The molecule has 10 heteroatoms. The van der Waals surface area contributed by atoms with Crippen molar-refractivity contribution in [1.29, 1.82) is 0 Å². The summed E-state index contributed by atoms with van der Waals surface area (Å²) in [5.41, 5.74) is 1.75. The average Bonchev–Trinajstić information content (AvgIpc) is 3.22. The molecule has 2 aromatic heterocycles. The number of anilines is 1. The van der Waals surface area contributed by atoms with Gasteiger partial charge < -0.3 is 14.2 Å². The number of ether oxygens (including phenoxy) is 1. The van der Waals surface area contributed by atoms with Crippen LogP contribution < -0.4 is 4.90 Å². The lowest BCUT2D eigenvalue weighted by Crippen LogP contribution is -2.38. The Morgan fingerprint density at radius 1 is 1.27 bits per heavy atom. The molecule has 0 spiro atoms. The standard InChI is InChI=1S/C20H22ClN5O3S/c1-13-10-22-20(23-11-13)26-7-5-15(6-8-26)28-12-18-24-19(25-29-18)14-3-4-17(30(2)27)16(21)9-14/h3-4,9-11,15H,5-8,12H2,1-2H3. The Bertz CT molecular complexity index is 1040. The topological polar surface area (TPSA) is 94.2 Å². The van der Waals surface area contributed by atoms with Gasteiger partial charge in [-0.1, -0.05) is 16.8 Å². The summed E-state index contributed by atoms with van der Waals surface area (Å²) in [6, 6.07) is 5.18. The van der Waals surface area contributed by atoms with E-state index in [1.165, 1.54) is 0 Å². The molecule has 1 saturated heterocycles. The molecule has 0 bridgehead atoms. The lowest BCUT2D eigenvalue weighted by Gasteiger charge is -2.31. The van der Waals surface area contributed by atoms with Crippen molar-refractivity contribution in [3.63, 3.8) is 0 Å². The Morgan fingerprint density at radius 3 is 2.67 bits per heavy atom. The molecule has 1 aliphatic rings. The minimum absolute atomic E-state index is 0.121. The molecular formula is C20H22ClN5O3S. The monoisotopic (exact) mass is 447 g/mol. The largest absolute Gasteiger partial charge is 0.368 e. The number of aromatic nitrogens is 4. The molecule has 30 heavy (non-hydrogen) atoms. The number of aryl methyl sites for hydroxylation is 1. The number of hydrogen-bond donors (Lipinski definition) is 0. The van der Waals surface area contributed by atoms with Crippen LogP contribution in [0.3, 0.4) is 0 Å². The van der Waals surface area contributed by atoms with Crippen LogP contribution in [0.25, 0.3) is 11.4 Å². The van der Waals surface area contributed by atoms with Gasteiger partial charge in [-0.15, -0.1) is 0 Å². The van der Waals surface area contributed by atoms with E-state index in [1.807, 2.05) is 19.3 Å². The van der Waals surface area contributed by atoms with Crippen molar-refractivity contribution in [3.8, 4) is 11.4 Å². The minimum atomic E-state index is -1.15. The molecule has 3 aromatic rings. The predicted octanol–water partition coefficient (Wildman–Crippen LogP) is 3.41. The summed E-state index contributed by atoms with van der Waals surface area (Å²) in [7, 11) is -1.15. The molecule has 1 aromatic carbocycles. The van der Waals surface area contributed by atoms with Gasteiger partial charge in [-0.2, -0.15) is 4.98 Å². The molecule has 8 nitrogen and oxygen atoms in total. The van der Waals surface area contributed by atoms with Gasteiger partial charge >= 0.3 is 0 Å². The van der Waals surface area contributed by atoms with E-state index in [9.17, 15) is 4.21 Å². The first-order chi connectivity index (χ1) is 14.5. The van der Waals surface area contributed by atoms with Crippen molar-refractivity contribution in [2.45, 2.75) is 37.4 Å². The van der Waals surface area contributed by atoms with Crippen LogP contribution in [0.2, 0.25) is 5.02 Å². The van der Waals surface area contributed by atoms with Crippen molar-refractivity contribution in [2.24, 2.45) is 0 Å². The SMILES string of the molecule is Cc1cnc(N2CCC(OCc3nc(-c4ccc(S(C)=O)c(Cl)c4)no3)CC2)nc1. The van der Waals surface area contributed by atoms with Gasteiger partial charge in [0.25, 0.3) is 5.89 Å². The number of hydrogen-bond acceptors (Lipinski definition) is 8. The Kier molecular flexibility index (Phi) is 6.40. The zero-order chi connectivity index (χ0) is 21.1. The first-order valence-corrected chi connectivity index (χ1v) is 11.5. The number of halogens is 1. The molecule has 0 amide bonds. The molecule has 1 fully saturated rings. The third-order valence-corrected chi connectivity index (χ3v) is 6.30. The van der Waals surface area contributed by atoms with E-state index < -0.39 is 10.8 Å². The summed E-state index contributed by atoms with van der Waals surface area (Å²) in [6.07, 6.45) is 7.13. The fourth-order valence-electron chi connectivity index (χ4n) is 3.26. The van der Waals surface area contributed by atoms with Gasteiger partial charge in [0.1, 0.15) is 6.61 Å². The van der Waals surface area contributed by atoms with E-state index in [-0.39, 0.29) is 12.7 Å². The maximum absolute atomic E-state index is 11.6. The Hall–Kier alpha value is -2.36. The summed E-state index contributed by atoms with van der Waals surface area (Å²) in [5, 5.41) is 4.42. The summed E-state index contributed by atoms with van der Waals surface area (Å²) < 4.78 is 22.9. The molecule has 0 radical (unpaired) electrons. The van der Waals surface area contributed by atoms with Crippen LogP contribution in [0.5, 0.6) is 0 Å². The lowest BCUT2D eigenvalue weighted by molar-refractivity contribution is 0.0119. The van der Waals surface area contributed by atoms with Gasteiger partial charge in [0.05, 0.1) is 26.8 Å². The van der Waals surface area contributed by atoms with Gasteiger partial charge in [-0.3, -0.25) is 4.21 Å². The Morgan fingerprint density at radius 2 is 2.00 bits per heavy atom. The maximum Gasteiger partial charge on any atom is 0.252 e. The second-order valence-corrected chi connectivity index (χ2v) is 8.92. The van der Waals surface area contributed by atoms with Gasteiger partial charge in [0, 0.05) is 37.3 Å². The number of nitrogens with zero attached hydrogens (tertiary/aromatic N) is 5. The quantitative estimate of drug-likeness (QED) is 0.567. The molecule has 0 saturated carbocycles. The summed E-state index contributed by atoms with van der Waals surface area (Å²) in [4.78, 5) is 15.9. The maximum atomic E-state index is 11.6. The van der Waals surface area contributed by atoms with Crippen molar-refractivity contribution < 1.29 is 13.5 Å². The molecule has 0 aliphatic carbocycles. The molecule has 1 aliphatic heterocycles. The zero-order valence-corrected chi connectivity index (χ0v) is 18.3. The third-order valence-electron chi connectivity index (χ3n) is 4.90. The lowest BCUT2D eigenvalue weighted by atomic mass is 10.1. The zero-order valence-electron chi connectivity index (χ0n) is 16.7. The third kappa shape index (κ3) is 4.85. The van der Waals surface area contributed by atoms with Crippen molar-refractivity contribution >= 4 is 28.3 Å². The highest BCUT2D eigenvalue weighted by atomic mass is 35.5. The first-order valence-electron chi connectivity index (χ1n) is 9.61. The Balaban J connectivity index is 1.30. The van der Waals surface area contributed by atoms with E-state index in [0.29, 0.717) is 27.2 Å². The second kappa shape index (κ2) is 9.20. The van der Waals surface area contributed by atoms with Crippen LogP contribution in [0.4, 0.5) is 5.95 Å². The smallest absolute Gasteiger partial charge is 0.252 e. The fraction of sp³-hybridized carbons (Fsp3) is 0.400. The van der Waals surface area contributed by atoms with Crippen LogP contribution in [-0.4, -0.2) is 49.8 Å². The molecular weight excluding hydrogens is 426 g/mol. The summed E-state index contributed by atoms with van der Waals surface area (Å²) in [6.45, 7) is 3.91. The molecule has 3 heterocycles. The van der Waals surface area contributed by atoms with Crippen LogP contribution in [-0.2, 0) is 22.1 Å². The highest BCUT2D eigenvalue weighted by Crippen LogP contribution is 2.26. The molecule has 0 N–H and O–H groups in total. The molecule has 158 valence electrons. The van der Waals surface area contributed by atoms with Crippen LogP contribution in [0, 0.1) is 6.92 Å². The van der Waals surface area contributed by atoms with E-state index in [2.05, 4.69) is 25.0 Å². The normalized spacial score (nSPS) is 16.0. The minimum Gasteiger partial charge on any atom is -0.368 e. The van der Waals surface area contributed by atoms with Crippen LogP contribution in [0.1, 0.15) is 24.3 Å². The molecule has 4 rings (SSSR count). The van der Waals surface area contributed by atoms with Crippen molar-refractivity contribution in [3.05, 3.63) is 47.1 Å². The summed E-state index contributed by atoms with van der Waals surface area (Å²) >= 11 is 6.19. The predicted molar refractivity (Wildman–Crippen MR) is 114 cm³/mol. The number of benzene rings is 1. The van der Waals surface area contributed by atoms with Crippen molar-refractivity contribution in [1.82, 2.24) is 20.1 Å². The average molecular weight is 448 g/mol. The van der Waals surface area contributed by atoms with E-state index in [1.54, 1.807) is 24.5 Å². The van der Waals surface area contributed by atoms with E-state index in [0.717, 1.165) is 37.4 Å². The number of rotatable bonds is 6. The number of piperidine rings is 1. The van der Waals surface area contributed by atoms with Gasteiger partial charge in [-0.05, 0) is 43.5 Å². The second-order valence-electron chi connectivity index (χ2n) is 7.17. The Labute approximate surface area is 182 Å². The van der Waals surface area contributed by atoms with Crippen molar-refractivity contribution in [2.75, 3.05) is 24.2 Å². The van der Waals surface area contributed by atoms with E-state index in [4.69, 9.17) is 20.9 Å². The summed E-state index contributed by atoms with van der Waals surface area (Å²) in [5.74, 6) is 1.60. The fourth-order valence-corrected chi connectivity index (χ4v) is 4.36. The van der Waals surface area contributed by atoms with E-state index >= 15 is 0 Å².